The number of ether oxygens (including phenoxy) is 1. The summed E-state index contributed by atoms with van der Waals surface area (Å²) in [7, 11) is -2.66. The number of carbonyl (C=O) groups is 1. The van der Waals surface area contributed by atoms with Crippen LogP contribution >= 0.6 is 15.9 Å². The second kappa shape index (κ2) is 6.22. The van der Waals surface area contributed by atoms with Crippen molar-refractivity contribution in [3.63, 3.8) is 0 Å². The van der Waals surface area contributed by atoms with Gasteiger partial charge in [-0.2, -0.15) is 0 Å². The van der Waals surface area contributed by atoms with Crippen molar-refractivity contribution >= 4 is 37.6 Å². The molecular formula is C17H16BrNO4S. The molecule has 0 spiro atoms. The molecule has 1 aliphatic rings. The first kappa shape index (κ1) is 17.0. The van der Waals surface area contributed by atoms with Crippen LogP contribution in [0.15, 0.2) is 51.8 Å². The van der Waals surface area contributed by atoms with Gasteiger partial charge in [0.15, 0.2) is 0 Å². The number of anilines is 1. The monoisotopic (exact) mass is 409 g/mol. The van der Waals surface area contributed by atoms with Gasteiger partial charge in [-0.3, -0.25) is 4.31 Å². The molecule has 0 aromatic heterocycles. The highest BCUT2D eigenvalue weighted by atomic mass is 79.9. The first-order valence-corrected chi connectivity index (χ1v) is 9.59. The molecule has 0 saturated heterocycles. The number of para-hydroxylation sites is 1. The molecule has 0 N–H and O–H groups in total. The molecular weight excluding hydrogens is 394 g/mol. The Morgan fingerprint density at radius 1 is 1.25 bits per heavy atom. The van der Waals surface area contributed by atoms with E-state index < -0.39 is 16.0 Å². The van der Waals surface area contributed by atoms with Crippen molar-refractivity contribution < 1.29 is 17.9 Å². The number of hydrogen-bond donors (Lipinski definition) is 0. The third-order valence-electron chi connectivity index (χ3n) is 4.03. The van der Waals surface area contributed by atoms with Gasteiger partial charge in [-0.05, 0) is 43.2 Å². The van der Waals surface area contributed by atoms with Crippen molar-refractivity contribution in [2.45, 2.75) is 24.3 Å². The average molecular weight is 410 g/mol. The number of halogens is 1. The van der Waals surface area contributed by atoms with Crippen LogP contribution in [0.2, 0.25) is 0 Å². The van der Waals surface area contributed by atoms with Gasteiger partial charge in [0.05, 0.1) is 18.4 Å². The predicted octanol–water partition coefficient (Wildman–Crippen LogP) is 3.38. The van der Waals surface area contributed by atoms with Crippen LogP contribution in [0.5, 0.6) is 0 Å². The van der Waals surface area contributed by atoms with Crippen LogP contribution in [0.3, 0.4) is 0 Å². The zero-order valence-corrected chi connectivity index (χ0v) is 15.6. The maximum absolute atomic E-state index is 13.3. The lowest BCUT2D eigenvalue weighted by Gasteiger charge is -2.25. The van der Waals surface area contributed by atoms with Gasteiger partial charge in [0.1, 0.15) is 4.90 Å². The fourth-order valence-corrected chi connectivity index (χ4v) is 5.22. The van der Waals surface area contributed by atoms with Gasteiger partial charge in [-0.15, -0.1) is 0 Å². The Balaban J connectivity index is 2.18. The van der Waals surface area contributed by atoms with E-state index in [9.17, 15) is 13.2 Å². The van der Waals surface area contributed by atoms with Crippen molar-refractivity contribution in [3.05, 3.63) is 58.1 Å². The zero-order valence-electron chi connectivity index (χ0n) is 13.2. The van der Waals surface area contributed by atoms with Crippen molar-refractivity contribution in [2.75, 3.05) is 11.4 Å². The van der Waals surface area contributed by atoms with E-state index in [1.807, 2.05) is 25.1 Å². The standard InChI is InChI=1S/C17H16BrNO4S/c1-11-9-12-5-3-4-6-15(12)19(11)24(21,22)16-8-7-13(18)10-14(16)17(20)23-2/h3-8,10-11H,9H2,1-2H3/t11-/m0/s1. The molecule has 0 radical (unpaired) electrons. The number of nitrogens with zero attached hydrogens (tertiary/aromatic N) is 1. The van der Waals surface area contributed by atoms with Gasteiger partial charge in [-0.25, -0.2) is 13.2 Å². The Morgan fingerprint density at radius 2 is 1.96 bits per heavy atom. The summed E-state index contributed by atoms with van der Waals surface area (Å²) in [4.78, 5) is 12.0. The number of esters is 1. The molecule has 126 valence electrons. The summed E-state index contributed by atoms with van der Waals surface area (Å²) in [5.41, 5.74) is 1.65. The fourth-order valence-electron chi connectivity index (χ4n) is 3.01. The summed E-state index contributed by atoms with van der Waals surface area (Å²) >= 11 is 3.27. The fraction of sp³-hybridized carbons (Fsp3) is 0.235. The Labute approximate surface area is 149 Å². The molecule has 0 bridgehead atoms. The van der Waals surface area contributed by atoms with Crippen molar-refractivity contribution in [3.8, 4) is 0 Å². The maximum Gasteiger partial charge on any atom is 0.339 e. The second-order valence-electron chi connectivity index (χ2n) is 5.61. The summed E-state index contributed by atoms with van der Waals surface area (Å²) in [6, 6.07) is 11.7. The van der Waals surface area contributed by atoms with E-state index in [2.05, 4.69) is 15.9 Å². The summed E-state index contributed by atoms with van der Waals surface area (Å²) in [6.45, 7) is 1.86. The van der Waals surface area contributed by atoms with Gasteiger partial charge in [0.2, 0.25) is 0 Å². The quantitative estimate of drug-likeness (QED) is 0.728. The Morgan fingerprint density at radius 3 is 2.67 bits per heavy atom. The first-order valence-electron chi connectivity index (χ1n) is 7.36. The molecule has 0 unspecified atom stereocenters. The van der Waals surface area contributed by atoms with Crippen LogP contribution in [0.25, 0.3) is 0 Å². The van der Waals surface area contributed by atoms with E-state index >= 15 is 0 Å². The molecule has 2 aromatic carbocycles. The minimum atomic E-state index is -3.89. The molecule has 5 nitrogen and oxygen atoms in total. The first-order chi connectivity index (χ1) is 11.4. The summed E-state index contributed by atoms with van der Waals surface area (Å²) in [5, 5.41) is 0. The van der Waals surface area contributed by atoms with Crippen molar-refractivity contribution in [1.82, 2.24) is 0 Å². The number of hydrogen-bond acceptors (Lipinski definition) is 4. The van der Waals surface area contributed by atoms with Gasteiger partial charge in [0.25, 0.3) is 10.0 Å². The van der Waals surface area contributed by atoms with Crippen molar-refractivity contribution in [1.29, 1.82) is 0 Å². The van der Waals surface area contributed by atoms with Crippen LogP contribution in [-0.4, -0.2) is 27.5 Å². The molecule has 24 heavy (non-hydrogen) atoms. The SMILES string of the molecule is COC(=O)c1cc(Br)ccc1S(=O)(=O)N1c2ccccc2C[C@@H]1C. The van der Waals surface area contributed by atoms with E-state index in [1.165, 1.54) is 23.5 Å². The summed E-state index contributed by atoms with van der Waals surface area (Å²) < 4.78 is 33.3. The van der Waals surface area contributed by atoms with E-state index in [0.29, 0.717) is 16.6 Å². The second-order valence-corrected chi connectivity index (χ2v) is 8.31. The topological polar surface area (TPSA) is 63.7 Å². The van der Waals surface area contributed by atoms with Crippen LogP contribution in [0.1, 0.15) is 22.8 Å². The summed E-state index contributed by atoms with van der Waals surface area (Å²) in [5.74, 6) is -0.685. The van der Waals surface area contributed by atoms with E-state index in [1.54, 1.807) is 12.1 Å². The molecule has 0 saturated carbocycles. The van der Waals surface area contributed by atoms with Gasteiger partial charge >= 0.3 is 5.97 Å². The van der Waals surface area contributed by atoms with Crippen LogP contribution < -0.4 is 4.31 Å². The third-order valence-corrected chi connectivity index (χ3v) is 6.51. The van der Waals surface area contributed by atoms with E-state index in [-0.39, 0.29) is 16.5 Å². The minimum Gasteiger partial charge on any atom is -0.465 e. The molecule has 2 aromatic rings. The van der Waals surface area contributed by atoms with Crippen LogP contribution in [0, 0.1) is 0 Å². The lowest BCUT2D eigenvalue weighted by atomic mass is 10.1. The minimum absolute atomic E-state index is 0.0171. The molecule has 0 amide bonds. The summed E-state index contributed by atoms with van der Waals surface area (Å²) in [6.07, 6.45) is 0.638. The predicted molar refractivity (Wildman–Crippen MR) is 94.8 cm³/mol. The number of carbonyl (C=O) groups excluding carboxylic acids is 1. The highest BCUT2D eigenvalue weighted by molar-refractivity contribution is 9.10. The zero-order chi connectivity index (χ0) is 17.5. The lowest BCUT2D eigenvalue weighted by molar-refractivity contribution is 0.0596. The highest BCUT2D eigenvalue weighted by Crippen LogP contribution is 2.37. The molecule has 3 rings (SSSR count). The number of rotatable bonds is 3. The maximum atomic E-state index is 13.3. The van der Waals surface area contributed by atoms with Gasteiger partial charge in [-0.1, -0.05) is 34.1 Å². The third kappa shape index (κ3) is 2.71. The normalized spacial score (nSPS) is 16.8. The molecule has 0 aliphatic carbocycles. The molecule has 1 atom stereocenters. The Hall–Kier alpha value is -1.86. The average Bonchev–Trinajstić information content (AvgIpc) is 2.90. The highest BCUT2D eigenvalue weighted by Gasteiger charge is 2.37. The Bertz CT molecular complexity index is 911. The largest absolute Gasteiger partial charge is 0.465 e. The van der Waals surface area contributed by atoms with Crippen LogP contribution in [0.4, 0.5) is 5.69 Å². The number of sulfonamides is 1. The molecule has 1 aliphatic heterocycles. The number of methoxy groups -OCH3 is 1. The number of benzene rings is 2. The van der Waals surface area contributed by atoms with Gasteiger partial charge < -0.3 is 4.74 Å². The molecule has 7 heteroatoms. The molecule has 1 heterocycles. The van der Waals surface area contributed by atoms with E-state index in [0.717, 1.165) is 5.56 Å². The Kier molecular flexibility index (Phi) is 4.40. The van der Waals surface area contributed by atoms with Crippen molar-refractivity contribution in [2.24, 2.45) is 0 Å². The van der Waals surface area contributed by atoms with Crippen LogP contribution in [-0.2, 0) is 21.2 Å². The lowest BCUT2D eigenvalue weighted by Crippen LogP contribution is -2.36. The smallest absolute Gasteiger partial charge is 0.339 e. The van der Waals surface area contributed by atoms with E-state index in [4.69, 9.17) is 4.74 Å². The number of fused-ring (bicyclic) bond motifs is 1. The molecule has 0 fully saturated rings. The van der Waals surface area contributed by atoms with Gasteiger partial charge in [0, 0.05) is 10.5 Å².